The van der Waals surface area contributed by atoms with Crippen molar-refractivity contribution in [1.29, 1.82) is 0 Å². The van der Waals surface area contributed by atoms with Gasteiger partial charge in [0.1, 0.15) is 41.5 Å². The summed E-state index contributed by atoms with van der Waals surface area (Å²) in [5, 5.41) is 42.3. The zero-order valence-corrected chi connectivity index (χ0v) is 17.8. The molecule has 0 radical (unpaired) electrons. The summed E-state index contributed by atoms with van der Waals surface area (Å²) in [5.41, 5.74) is -1.02. The Bertz CT molecular complexity index is 862. The highest BCUT2D eigenvalue weighted by Crippen LogP contribution is 2.31. The first-order valence-electron chi connectivity index (χ1n) is 8.96. The van der Waals surface area contributed by atoms with E-state index in [1.807, 2.05) is 0 Å². The van der Waals surface area contributed by atoms with Crippen molar-refractivity contribution in [2.24, 2.45) is 11.1 Å². The van der Waals surface area contributed by atoms with Gasteiger partial charge in [0.15, 0.2) is 0 Å². The van der Waals surface area contributed by atoms with Crippen LogP contribution in [0.5, 0.6) is 0 Å². The van der Waals surface area contributed by atoms with Gasteiger partial charge in [-0.2, -0.15) is 8.42 Å². The summed E-state index contributed by atoms with van der Waals surface area (Å²) in [4.78, 5) is 12.1. The first kappa shape index (κ1) is 25.5. The second kappa shape index (κ2) is 11.2. The highest BCUT2D eigenvalue weighted by molar-refractivity contribution is 8.14. The van der Waals surface area contributed by atoms with Gasteiger partial charge in [0.2, 0.25) is 0 Å². The van der Waals surface area contributed by atoms with Crippen LogP contribution in [0.25, 0.3) is 0 Å². The normalized spacial score (nSPS) is 28.1. The molecule has 2 rings (SSSR count). The van der Waals surface area contributed by atoms with Gasteiger partial charge in [0.25, 0.3) is 0 Å². The molecule has 1 aromatic rings. The number of rotatable bonds is 8. The van der Waals surface area contributed by atoms with Crippen molar-refractivity contribution >= 4 is 33.2 Å². The lowest BCUT2D eigenvalue weighted by Crippen LogP contribution is -2.57. The summed E-state index contributed by atoms with van der Waals surface area (Å²) in [6.45, 7) is 0.535. The number of nitrogens with zero attached hydrogens (tertiary/aromatic N) is 1. The van der Waals surface area contributed by atoms with E-state index in [4.69, 9.17) is 14.0 Å². The quantitative estimate of drug-likeness (QED) is 0.102. The van der Waals surface area contributed by atoms with Crippen LogP contribution in [0.3, 0.4) is 0 Å². The molecule has 1 fully saturated rings. The van der Waals surface area contributed by atoms with Crippen molar-refractivity contribution < 1.29 is 51.9 Å². The molecule has 12 nitrogen and oxygen atoms in total. The number of benzene rings is 1. The summed E-state index contributed by atoms with van der Waals surface area (Å²) in [7, 11) is -4.96. The Balaban J connectivity index is 2.13. The Morgan fingerprint density at radius 2 is 1.84 bits per heavy atom. The first-order valence-corrected chi connectivity index (χ1v) is 11.2. The molecule has 174 valence electrons. The van der Waals surface area contributed by atoms with Gasteiger partial charge in [-0.05, 0) is 12.1 Å². The predicted octanol–water partition coefficient (Wildman–Crippen LogP) is -0.854. The monoisotopic (exact) mass is 481 g/mol. The Hall–Kier alpha value is -1.78. The van der Waals surface area contributed by atoms with E-state index in [1.165, 1.54) is 19.1 Å². The maximum atomic E-state index is 12.1. The van der Waals surface area contributed by atoms with Crippen LogP contribution in [-0.2, 0) is 24.2 Å². The second-order valence-electron chi connectivity index (χ2n) is 6.61. The summed E-state index contributed by atoms with van der Waals surface area (Å²) in [5.74, 6) is -1.45. The smallest absolute Gasteiger partial charge is 0.461 e. The van der Waals surface area contributed by atoms with Crippen LogP contribution in [0.2, 0.25) is 0 Å². The standard InChI is InChI=1S/C17H23NO11S2/c1-9(8-27-16(23)10-5-3-2-4-6-10)15(18-29-31(24,25)26)30-17-14(22)13(21)12(20)11(7-19)28-17/h2-6,9,11-14,17,19-22H,7-8H2,1H3,(H,24,25,26)/b18-15+/t9-,11+,12-,13+,14-,17-/m1/s1. The van der Waals surface area contributed by atoms with Crippen LogP contribution in [0.1, 0.15) is 17.3 Å². The number of hydrogen-bond donors (Lipinski definition) is 5. The third kappa shape index (κ3) is 7.40. The Morgan fingerprint density at radius 1 is 1.19 bits per heavy atom. The third-order valence-electron chi connectivity index (χ3n) is 4.20. The molecule has 0 unspecified atom stereocenters. The molecule has 1 aliphatic heterocycles. The van der Waals surface area contributed by atoms with E-state index in [0.717, 1.165) is 0 Å². The third-order valence-corrected chi connectivity index (χ3v) is 5.81. The van der Waals surface area contributed by atoms with Gasteiger partial charge in [-0.3, -0.25) is 4.55 Å². The molecule has 1 saturated heterocycles. The van der Waals surface area contributed by atoms with Gasteiger partial charge in [-0.15, -0.1) is 0 Å². The first-order chi connectivity index (χ1) is 14.5. The lowest BCUT2D eigenvalue weighted by Gasteiger charge is -2.39. The van der Waals surface area contributed by atoms with Gasteiger partial charge in [0, 0.05) is 5.92 Å². The van der Waals surface area contributed by atoms with Crippen LogP contribution in [0.15, 0.2) is 35.5 Å². The average molecular weight is 482 g/mol. The number of aliphatic hydroxyl groups is 4. The molecule has 1 heterocycles. The van der Waals surface area contributed by atoms with Crippen LogP contribution in [0.4, 0.5) is 0 Å². The maximum Gasteiger partial charge on any atom is 0.466 e. The van der Waals surface area contributed by atoms with Crippen LogP contribution in [-0.4, -0.2) is 87.5 Å². The minimum Gasteiger partial charge on any atom is -0.461 e. The van der Waals surface area contributed by atoms with E-state index in [9.17, 15) is 33.6 Å². The fourth-order valence-electron chi connectivity index (χ4n) is 2.52. The Morgan fingerprint density at radius 3 is 2.42 bits per heavy atom. The van der Waals surface area contributed by atoms with Crippen LogP contribution >= 0.6 is 11.8 Å². The highest BCUT2D eigenvalue weighted by Gasteiger charge is 2.44. The number of carbonyl (C=O) groups is 1. The van der Waals surface area contributed by atoms with Gasteiger partial charge < -0.3 is 29.9 Å². The Kier molecular flexibility index (Phi) is 9.20. The molecule has 5 N–H and O–H groups in total. The minimum absolute atomic E-state index is 0.178. The average Bonchev–Trinajstić information content (AvgIpc) is 2.74. The second-order valence-corrected chi connectivity index (χ2v) is 8.74. The largest absolute Gasteiger partial charge is 0.466 e. The molecular formula is C17H23NO11S2. The zero-order valence-electron chi connectivity index (χ0n) is 16.2. The molecule has 0 aliphatic carbocycles. The summed E-state index contributed by atoms with van der Waals surface area (Å²) in [6, 6.07) is 8.07. The summed E-state index contributed by atoms with van der Waals surface area (Å²) in [6.07, 6.45) is -6.10. The molecule has 0 saturated carbocycles. The predicted molar refractivity (Wildman–Crippen MR) is 107 cm³/mol. The van der Waals surface area contributed by atoms with Crippen molar-refractivity contribution in [1.82, 2.24) is 0 Å². The minimum atomic E-state index is -4.96. The van der Waals surface area contributed by atoms with E-state index in [2.05, 4.69) is 9.44 Å². The molecule has 0 amide bonds. The molecule has 0 aromatic heterocycles. The number of thioether (sulfide) groups is 1. The fourth-order valence-corrected chi connectivity index (χ4v) is 3.86. The summed E-state index contributed by atoms with van der Waals surface area (Å²) >= 11 is 0.599. The molecular weight excluding hydrogens is 458 g/mol. The van der Waals surface area contributed by atoms with E-state index in [-0.39, 0.29) is 17.2 Å². The molecule has 6 atom stereocenters. The number of hydrogen-bond acceptors (Lipinski definition) is 12. The lowest BCUT2D eigenvalue weighted by atomic mass is 10.0. The number of ether oxygens (including phenoxy) is 2. The highest BCUT2D eigenvalue weighted by atomic mass is 32.3. The molecule has 1 aliphatic rings. The SMILES string of the molecule is C[C@H](COC(=O)c1ccccc1)/C(=N\OS(=O)(=O)O)S[C@H]1O[C@@H](CO)[C@@H](O)[C@H](O)[C@H]1O. The number of carbonyl (C=O) groups excluding carboxylic acids is 1. The number of esters is 1. The van der Waals surface area contributed by atoms with Crippen molar-refractivity contribution in [2.75, 3.05) is 13.2 Å². The van der Waals surface area contributed by atoms with Crippen LogP contribution in [0, 0.1) is 5.92 Å². The Labute approximate surface area is 182 Å². The van der Waals surface area contributed by atoms with Gasteiger partial charge in [0.05, 0.1) is 12.2 Å². The van der Waals surface area contributed by atoms with Crippen molar-refractivity contribution in [3.05, 3.63) is 35.9 Å². The van der Waals surface area contributed by atoms with Crippen molar-refractivity contribution in [3.63, 3.8) is 0 Å². The lowest BCUT2D eigenvalue weighted by molar-refractivity contribution is -0.205. The molecule has 0 bridgehead atoms. The summed E-state index contributed by atoms with van der Waals surface area (Å²) < 4.78 is 45.1. The molecule has 14 heteroatoms. The maximum absolute atomic E-state index is 12.1. The number of aliphatic hydroxyl groups excluding tert-OH is 4. The van der Waals surface area contributed by atoms with Gasteiger partial charge in [-0.1, -0.05) is 42.0 Å². The van der Waals surface area contributed by atoms with E-state index in [1.54, 1.807) is 18.2 Å². The topological polar surface area (TPSA) is 192 Å². The van der Waals surface area contributed by atoms with Crippen molar-refractivity contribution in [2.45, 2.75) is 36.8 Å². The number of oxime groups is 1. The van der Waals surface area contributed by atoms with Crippen molar-refractivity contribution in [3.8, 4) is 0 Å². The van der Waals surface area contributed by atoms with E-state index < -0.39 is 58.7 Å². The van der Waals surface area contributed by atoms with E-state index in [0.29, 0.717) is 11.8 Å². The zero-order chi connectivity index (χ0) is 23.2. The van der Waals surface area contributed by atoms with Gasteiger partial charge in [-0.25, -0.2) is 9.08 Å². The molecule has 31 heavy (non-hydrogen) atoms. The van der Waals surface area contributed by atoms with Crippen LogP contribution < -0.4 is 0 Å². The fraction of sp³-hybridized carbons (Fsp3) is 0.529. The molecule has 0 spiro atoms. The molecule has 1 aromatic carbocycles. The van der Waals surface area contributed by atoms with Gasteiger partial charge >= 0.3 is 16.4 Å². The van der Waals surface area contributed by atoms with E-state index >= 15 is 0 Å².